The summed E-state index contributed by atoms with van der Waals surface area (Å²) in [4.78, 5) is 14.7. The van der Waals surface area contributed by atoms with E-state index in [0.717, 1.165) is 0 Å². The molecule has 0 amide bonds. The van der Waals surface area contributed by atoms with Gasteiger partial charge in [0.1, 0.15) is 5.69 Å². The van der Waals surface area contributed by atoms with Crippen LogP contribution in [0.1, 0.15) is 23.4 Å². The van der Waals surface area contributed by atoms with Gasteiger partial charge in [0.15, 0.2) is 0 Å². The van der Waals surface area contributed by atoms with Crippen molar-refractivity contribution in [3.8, 4) is 0 Å². The van der Waals surface area contributed by atoms with Gasteiger partial charge in [-0.1, -0.05) is 0 Å². The van der Waals surface area contributed by atoms with Gasteiger partial charge in [-0.2, -0.15) is 0 Å². The van der Waals surface area contributed by atoms with Crippen LogP contribution in [0.4, 0.5) is 14.5 Å². The number of methoxy groups -OCH3 is 1. The average Bonchev–Trinajstić information content (AvgIpc) is 2.22. The molecule has 0 aliphatic carbocycles. The molecule has 0 aliphatic rings. The number of carbonyl (C=O) groups excluding carboxylic acids is 1. The van der Waals surface area contributed by atoms with Crippen molar-refractivity contribution in [3.63, 3.8) is 0 Å². The van der Waals surface area contributed by atoms with Gasteiger partial charge in [-0.15, -0.1) is 0 Å². The van der Waals surface area contributed by atoms with Gasteiger partial charge in [-0.3, -0.25) is 9.78 Å². The first-order valence-electron chi connectivity index (χ1n) is 4.56. The molecule has 0 saturated heterocycles. The van der Waals surface area contributed by atoms with Crippen LogP contribution in [0.2, 0.25) is 0 Å². The molecule has 16 heavy (non-hydrogen) atoms. The Balaban J connectivity index is 3.09. The minimum atomic E-state index is -2.71. The Labute approximate surface area is 91.4 Å². The van der Waals surface area contributed by atoms with Crippen LogP contribution >= 0.6 is 0 Å². The third-order valence-corrected chi connectivity index (χ3v) is 2.16. The summed E-state index contributed by atoms with van der Waals surface area (Å²) in [5, 5.41) is 0. The Morgan fingerprint density at radius 2 is 2.25 bits per heavy atom. The minimum Gasteiger partial charge on any atom is -0.469 e. The molecule has 0 aromatic carbocycles. The molecule has 1 aromatic rings. The summed E-state index contributed by atoms with van der Waals surface area (Å²) in [7, 11) is 1.22. The highest BCUT2D eigenvalue weighted by atomic mass is 19.3. The number of aromatic nitrogens is 1. The number of alkyl halides is 2. The van der Waals surface area contributed by atoms with Crippen molar-refractivity contribution in [1.29, 1.82) is 0 Å². The van der Waals surface area contributed by atoms with Crippen molar-refractivity contribution in [3.05, 3.63) is 23.0 Å². The molecule has 6 heteroatoms. The van der Waals surface area contributed by atoms with E-state index in [1.807, 2.05) is 0 Å². The van der Waals surface area contributed by atoms with E-state index in [0.29, 0.717) is 0 Å². The van der Waals surface area contributed by atoms with Crippen LogP contribution in [-0.4, -0.2) is 18.1 Å². The summed E-state index contributed by atoms with van der Waals surface area (Å²) in [6.45, 7) is 1.46. The fraction of sp³-hybridized carbons (Fsp3) is 0.400. The lowest BCUT2D eigenvalue weighted by molar-refractivity contribution is -0.139. The van der Waals surface area contributed by atoms with Crippen LogP contribution in [-0.2, 0) is 16.0 Å². The van der Waals surface area contributed by atoms with Gasteiger partial charge in [0.2, 0.25) is 0 Å². The first-order chi connectivity index (χ1) is 7.45. The zero-order chi connectivity index (χ0) is 12.3. The number of ether oxygens (including phenoxy) is 1. The molecule has 2 N–H and O–H groups in total. The highest BCUT2D eigenvalue weighted by Gasteiger charge is 2.17. The molecule has 88 valence electrons. The molecule has 0 atom stereocenters. The van der Waals surface area contributed by atoms with Crippen molar-refractivity contribution in [2.24, 2.45) is 0 Å². The number of carbonyl (C=O) groups is 1. The van der Waals surface area contributed by atoms with E-state index in [2.05, 4.69) is 9.72 Å². The van der Waals surface area contributed by atoms with Gasteiger partial charge in [0.05, 0.1) is 19.2 Å². The van der Waals surface area contributed by atoms with Gasteiger partial charge in [-0.05, 0) is 18.6 Å². The van der Waals surface area contributed by atoms with Crippen LogP contribution in [0.25, 0.3) is 0 Å². The molecule has 4 nitrogen and oxygen atoms in total. The molecule has 0 fully saturated rings. The Hall–Kier alpha value is -1.72. The molecule has 1 rings (SSSR count). The van der Waals surface area contributed by atoms with E-state index in [9.17, 15) is 13.6 Å². The topological polar surface area (TPSA) is 65.2 Å². The quantitative estimate of drug-likeness (QED) is 0.801. The van der Waals surface area contributed by atoms with Crippen LogP contribution in [0.5, 0.6) is 0 Å². The van der Waals surface area contributed by atoms with Crippen molar-refractivity contribution in [2.75, 3.05) is 12.8 Å². The SMILES string of the molecule is COC(=O)Cc1cc(N)c(C)c(C(F)F)n1. The second-order valence-electron chi connectivity index (χ2n) is 3.27. The van der Waals surface area contributed by atoms with Crippen molar-refractivity contribution in [1.82, 2.24) is 4.98 Å². The Kier molecular flexibility index (Phi) is 3.76. The zero-order valence-corrected chi connectivity index (χ0v) is 8.96. The summed E-state index contributed by atoms with van der Waals surface area (Å²) >= 11 is 0. The lowest BCUT2D eigenvalue weighted by Crippen LogP contribution is -2.09. The van der Waals surface area contributed by atoms with Crippen molar-refractivity contribution in [2.45, 2.75) is 19.8 Å². The summed E-state index contributed by atoms with van der Waals surface area (Å²) < 4.78 is 29.6. The number of hydrogen-bond acceptors (Lipinski definition) is 4. The lowest BCUT2D eigenvalue weighted by Gasteiger charge is -2.09. The van der Waals surface area contributed by atoms with Crippen LogP contribution in [0.3, 0.4) is 0 Å². The summed E-state index contributed by atoms with van der Waals surface area (Å²) in [6.07, 6.45) is -2.87. The third kappa shape index (κ3) is 2.65. The highest BCUT2D eigenvalue weighted by Crippen LogP contribution is 2.25. The number of nitrogens with two attached hydrogens (primary N) is 1. The van der Waals surface area contributed by atoms with Crippen molar-refractivity contribution >= 4 is 11.7 Å². The number of halogens is 2. The molecule has 0 aliphatic heterocycles. The van der Waals surface area contributed by atoms with Crippen molar-refractivity contribution < 1.29 is 18.3 Å². The number of esters is 1. The first kappa shape index (κ1) is 12.4. The fourth-order valence-electron chi connectivity index (χ4n) is 1.23. The average molecular weight is 230 g/mol. The van der Waals surface area contributed by atoms with Gasteiger partial charge in [-0.25, -0.2) is 8.78 Å². The van der Waals surface area contributed by atoms with Crippen LogP contribution < -0.4 is 5.73 Å². The maximum Gasteiger partial charge on any atom is 0.311 e. The van der Waals surface area contributed by atoms with Gasteiger partial charge in [0, 0.05) is 5.69 Å². The number of pyridine rings is 1. The van der Waals surface area contributed by atoms with Gasteiger partial charge >= 0.3 is 5.97 Å². The molecule has 0 spiro atoms. The zero-order valence-electron chi connectivity index (χ0n) is 8.96. The highest BCUT2D eigenvalue weighted by molar-refractivity contribution is 5.72. The summed E-state index contributed by atoms with van der Waals surface area (Å²) in [6, 6.07) is 1.40. The van der Waals surface area contributed by atoms with E-state index in [-0.39, 0.29) is 29.1 Å². The minimum absolute atomic E-state index is 0.166. The molecule has 0 unspecified atom stereocenters. The third-order valence-electron chi connectivity index (χ3n) is 2.16. The fourth-order valence-corrected chi connectivity index (χ4v) is 1.23. The van der Waals surface area contributed by atoms with Crippen LogP contribution in [0.15, 0.2) is 6.07 Å². The standard InChI is InChI=1S/C10H12F2N2O2/c1-5-7(13)3-6(4-8(15)16-2)14-9(5)10(11)12/h3,10H,4H2,1-2H3,(H2,13,14). The van der Waals surface area contributed by atoms with E-state index >= 15 is 0 Å². The predicted molar refractivity (Wildman–Crippen MR) is 54.1 cm³/mol. The second kappa shape index (κ2) is 4.87. The van der Waals surface area contributed by atoms with Gasteiger partial charge in [0.25, 0.3) is 6.43 Å². The first-order valence-corrected chi connectivity index (χ1v) is 4.56. The molecular weight excluding hydrogens is 218 g/mol. The normalized spacial score (nSPS) is 10.6. The number of rotatable bonds is 3. The lowest BCUT2D eigenvalue weighted by atomic mass is 10.1. The molecule has 0 saturated carbocycles. The van der Waals surface area contributed by atoms with E-state index in [1.165, 1.54) is 20.1 Å². The molecule has 1 heterocycles. The van der Waals surface area contributed by atoms with E-state index in [1.54, 1.807) is 0 Å². The second-order valence-corrected chi connectivity index (χ2v) is 3.27. The summed E-state index contributed by atoms with van der Waals surface area (Å²) in [5.41, 5.74) is 5.78. The Morgan fingerprint density at radius 3 is 2.75 bits per heavy atom. The smallest absolute Gasteiger partial charge is 0.311 e. The maximum absolute atomic E-state index is 12.6. The molecule has 0 radical (unpaired) electrons. The Bertz CT molecular complexity index is 408. The monoisotopic (exact) mass is 230 g/mol. The van der Waals surface area contributed by atoms with Gasteiger partial charge < -0.3 is 10.5 Å². The number of anilines is 1. The van der Waals surface area contributed by atoms with E-state index < -0.39 is 12.4 Å². The van der Waals surface area contributed by atoms with E-state index in [4.69, 9.17) is 5.73 Å². The number of hydrogen-bond donors (Lipinski definition) is 1. The molecule has 1 aromatic heterocycles. The largest absolute Gasteiger partial charge is 0.469 e. The molecular formula is C10H12F2N2O2. The predicted octanol–water partition coefficient (Wildman–Crippen LogP) is 1.63. The van der Waals surface area contributed by atoms with Crippen LogP contribution in [0, 0.1) is 6.92 Å². The summed E-state index contributed by atoms with van der Waals surface area (Å²) in [5.74, 6) is -0.545. The molecule has 0 bridgehead atoms. The number of nitrogen functional groups attached to an aromatic ring is 1. The number of nitrogens with zero attached hydrogens (tertiary/aromatic N) is 1. The Morgan fingerprint density at radius 1 is 1.62 bits per heavy atom. The maximum atomic E-state index is 12.6.